The predicted octanol–water partition coefficient (Wildman–Crippen LogP) is 3.17. The van der Waals surface area contributed by atoms with Crippen LogP contribution in [0.15, 0.2) is 48.5 Å². The smallest absolute Gasteiger partial charge is 0.122 e. The first-order valence-electron chi connectivity index (χ1n) is 6.39. The second-order valence-electron chi connectivity index (χ2n) is 5.24. The number of ether oxygens (including phenoxy) is 1. The van der Waals surface area contributed by atoms with E-state index in [0.29, 0.717) is 6.61 Å². The summed E-state index contributed by atoms with van der Waals surface area (Å²) in [6.07, 6.45) is 1.72. The Morgan fingerprint density at radius 3 is 2.63 bits per heavy atom. The maximum Gasteiger partial charge on any atom is 0.122 e. The third-order valence-corrected chi connectivity index (χ3v) is 4.22. The minimum Gasteiger partial charge on any atom is -0.491 e. The standard InChI is InChI=1S/C16H16INO/c17-14-7-5-12(6-8-14)9-16(18)10-13-3-1-2-4-15(13)19-11-16/h1-8H,9-11,18H2. The fourth-order valence-electron chi connectivity index (χ4n) is 2.56. The summed E-state index contributed by atoms with van der Waals surface area (Å²) in [5, 5.41) is 0. The van der Waals surface area contributed by atoms with Crippen LogP contribution in [0.5, 0.6) is 5.75 Å². The van der Waals surface area contributed by atoms with Gasteiger partial charge in [0, 0.05) is 3.57 Å². The van der Waals surface area contributed by atoms with Crippen molar-refractivity contribution in [3.05, 3.63) is 63.2 Å². The van der Waals surface area contributed by atoms with Crippen molar-refractivity contribution < 1.29 is 4.74 Å². The summed E-state index contributed by atoms with van der Waals surface area (Å²) < 4.78 is 7.06. The molecule has 0 bridgehead atoms. The summed E-state index contributed by atoms with van der Waals surface area (Å²) in [5.41, 5.74) is 8.69. The van der Waals surface area contributed by atoms with Gasteiger partial charge in [-0.05, 0) is 64.8 Å². The fraction of sp³-hybridized carbons (Fsp3) is 0.250. The molecule has 0 spiro atoms. The molecule has 2 nitrogen and oxygen atoms in total. The van der Waals surface area contributed by atoms with Crippen LogP contribution in [0.4, 0.5) is 0 Å². The molecule has 19 heavy (non-hydrogen) atoms. The Hall–Kier alpha value is -1.07. The van der Waals surface area contributed by atoms with E-state index in [4.69, 9.17) is 10.5 Å². The molecule has 3 rings (SSSR count). The zero-order chi connectivity index (χ0) is 13.3. The predicted molar refractivity (Wildman–Crippen MR) is 85.4 cm³/mol. The van der Waals surface area contributed by atoms with Gasteiger partial charge in [0.1, 0.15) is 12.4 Å². The average molecular weight is 365 g/mol. The van der Waals surface area contributed by atoms with Gasteiger partial charge in [-0.1, -0.05) is 30.3 Å². The summed E-state index contributed by atoms with van der Waals surface area (Å²) >= 11 is 2.32. The molecule has 2 N–H and O–H groups in total. The highest BCUT2D eigenvalue weighted by Gasteiger charge is 2.31. The number of benzene rings is 2. The van der Waals surface area contributed by atoms with Crippen LogP contribution in [0.1, 0.15) is 11.1 Å². The SMILES string of the molecule is NC1(Cc2ccc(I)cc2)COc2ccccc2C1. The monoisotopic (exact) mass is 365 g/mol. The Balaban J connectivity index is 1.80. The van der Waals surface area contributed by atoms with Crippen molar-refractivity contribution in [1.82, 2.24) is 0 Å². The zero-order valence-electron chi connectivity index (χ0n) is 10.6. The van der Waals surface area contributed by atoms with Crippen LogP contribution < -0.4 is 10.5 Å². The lowest BCUT2D eigenvalue weighted by molar-refractivity contribution is 0.190. The van der Waals surface area contributed by atoms with Gasteiger partial charge < -0.3 is 10.5 Å². The number of fused-ring (bicyclic) bond motifs is 1. The van der Waals surface area contributed by atoms with Gasteiger partial charge in [-0.2, -0.15) is 0 Å². The Kier molecular flexibility index (Phi) is 3.50. The van der Waals surface area contributed by atoms with Crippen molar-refractivity contribution in [2.75, 3.05) is 6.61 Å². The first-order valence-corrected chi connectivity index (χ1v) is 7.47. The highest BCUT2D eigenvalue weighted by atomic mass is 127. The van der Waals surface area contributed by atoms with Crippen LogP contribution in [0, 0.1) is 3.57 Å². The van der Waals surface area contributed by atoms with E-state index in [-0.39, 0.29) is 5.54 Å². The number of para-hydroxylation sites is 1. The van der Waals surface area contributed by atoms with Gasteiger partial charge in [-0.3, -0.25) is 0 Å². The molecule has 98 valence electrons. The lowest BCUT2D eigenvalue weighted by atomic mass is 9.84. The summed E-state index contributed by atoms with van der Waals surface area (Å²) in [7, 11) is 0. The molecule has 0 aromatic heterocycles. The van der Waals surface area contributed by atoms with Crippen molar-refractivity contribution >= 4 is 22.6 Å². The Labute approximate surface area is 127 Å². The van der Waals surface area contributed by atoms with E-state index in [1.807, 2.05) is 18.2 Å². The normalized spacial score (nSPS) is 21.6. The molecule has 1 aliphatic rings. The third kappa shape index (κ3) is 2.92. The molecule has 0 amide bonds. The van der Waals surface area contributed by atoms with Gasteiger partial charge in [0.05, 0.1) is 5.54 Å². The van der Waals surface area contributed by atoms with E-state index in [0.717, 1.165) is 18.6 Å². The molecule has 1 aliphatic heterocycles. The first kappa shape index (κ1) is 12.9. The van der Waals surface area contributed by atoms with E-state index in [2.05, 4.69) is 52.9 Å². The van der Waals surface area contributed by atoms with Crippen molar-refractivity contribution in [1.29, 1.82) is 0 Å². The van der Waals surface area contributed by atoms with Crippen LogP contribution in [0.3, 0.4) is 0 Å². The summed E-state index contributed by atoms with van der Waals surface area (Å²) in [6, 6.07) is 16.7. The second kappa shape index (κ2) is 5.13. The van der Waals surface area contributed by atoms with Crippen LogP contribution in [0.25, 0.3) is 0 Å². The summed E-state index contributed by atoms with van der Waals surface area (Å²) in [4.78, 5) is 0. The van der Waals surface area contributed by atoms with Crippen molar-refractivity contribution in [2.24, 2.45) is 5.73 Å². The molecular weight excluding hydrogens is 349 g/mol. The minimum absolute atomic E-state index is 0.304. The van der Waals surface area contributed by atoms with E-state index >= 15 is 0 Å². The number of rotatable bonds is 2. The van der Waals surface area contributed by atoms with Crippen molar-refractivity contribution in [3.63, 3.8) is 0 Å². The third-order valence-electron chi connectivity index (χ3n) is 3.50. The molecule has 1 atom stereocenters. The quantitative estimate of drug-likeness (QED) is 0.830. The highest BCUT2D eigenvalue weighted by Crippen LogP contribution is 2.29. The average Bonchev–Trinajstić information content (AvgIpc) is 2.41. The molecule has 2 aromatic carbocycles. The minimum atomic E-state index is -0.304. The topological polar surface area (TPSA) is 35.2 Å². The molecule has 1 heterocycles. The van der Waals surface area contributed by atoms with E-state index in [1.54, 1.807) is 0 Å². The molecule has 0 saturated carbocycles. The Morgan fingerprint density at radius 1 is 1.11 bits per heavy atom. The number of halogens is 1. The van der Waals surface area contributed by atoms with Crippen LogP contribution in [-0.4, -0.2) is 12.1 Å². The first-order chi connectivity index (χ1) is 9.15. The van der Waals surface area contributed by atoms with E-state index < -0.39 is 0 Å². The van der Waals surface area contributed by atoms with Gasteiger partial charge in [0.25, 0.3) is 0 Å². The number of nitrogens with two attached hydrogens (primary N) is 1. The molecule has 0 aliphatic carbocycles. The van der Waals surface area contributed by atoms with E-state index in [1.165, 1.54) is 14.7 Å². The van der Waals surface area contributed by atoms with Gasteiger partial charge in [-0.15, -0.1) is 0 Å². The second-order valence-corrected chi connectivity index (χ2v) is 6.48. The lowest BCUT2D eigenvalue weighted by Gasteiger charge is -2.34. The molecule has 0 saturated heterocycles. The lowest BCUT2D eigenvalue weighted by Crippen LogP contribution is -2.51. The zero-order valence-corrected chi connectivity index (χ0v) is 12.8. The molecular formula is C16H16INO. The molecule has 0 fully saturated rings. The molecule has 3 heteroatoms. The van der Waals surface area contributed by atoms with Gasteiger partial charge in [0.15, 0.2) is 0 Å². The Bertz CT molecular complexity index is 582. The van der Waals surface area contributed by atoms with Gasteiger partial charge >= 0.3 is 0 Å². The fourth-order valence-corrected chi connectivity index (χ4v) is 2.92. The van der Waals surface area contributed by atoms with E-state index in [9.17, 15) is 0 Å². The van der Waals surface area contributed by atoms with Gasteiger partial charge in [-0.25, -0.2) is 0 Å². The number of hydrogen-bond donors (Lipinski definition) is 1. The van der Waals surface area contributed by atoms with Gasteiger partial charge in [0.2, 0.25) is 0 Å². The van der Waals surface area contributed by atoms with Crippen LogP contribution in [0.2, 0.25) is 0 Å². The maximum absolute atomic E-state index is 6.52. The Morgan fingerprint density at radius 2 is 1.84 bits per heavy atom. The van der Waals surface area contributed by atoms with Crippen LogP contribution in [-0.2, 0) is 12.8 Å². The molecule has 2 aromatic rings. The summed E-state index contributed by atoms with van der Waals surface area (Å²) in [6.45, 7) is 0.579. The number of hydrogen-bond acceptors (Lipinski definition) is 2. The van der Waals surface area contributed by atoms with Crippen LogP contribution >= 0.6 is 22.6 Å². The summed E-state index contributed by atoms with van der Waals surface area (Å²) in [5.74, 6) is 0.978. The van der Waals surface area contributed by atoms with Crippen molar-refractivity contribution in [3.8, 4) is 5.75 Å². The largest absolute Gasteiger partial charge is 0.491 e. The molecule has 0 radical (unpaired) electrons. The molecule has 1 unspecified atom stereocenters. The maximum atomic E-state index is 6.52. The highest BCUT2D eigenvalue weighted by molar-refractivity contribution is 14.1. The van der Waals surface area contributed by atoms with Crippen molar-refractivity contribution in [2.45, 2.75) is 18.4 Å².